The summed E-state index contributed by atoms with van der Waals surface area (Å²) >= 11 is 0. The maximum Gasteiger partial charge on any atom is 0.130 e. The number of hydrogen-bond donors (Lipinski definition) is 2. The summed E-state index contributed by atoms with van der Waals surface area (Å²) in [7, 11) is 0. The fraction of sp³-hybridized carbons (Fsp3) is 0.120. The maximum absolute atomic E-state index is 14.1. The third kappa shape index (κ3) is 4.15. The van der Waals surface area contributed by atoms with Crippen molar-refractivity contribution in [3.05, 3.63) is 101 Å². The molecule has 0 fully saturated rings. The normalized spacial score (nSPS) is 11.0. The Morgan fingerprint density at radius 2 is 1.32 bits per heavy atom. The number of halogens is 1. The van der Waals surface area contributed by atoms with Crippen LogP contribution in [-0.2, 0) is 0 Å². The van der Waals surface area contributed by atoms with E-state index >= 15 is 0 Å². The van der Waals surface area contributed by atoms with Gasteiger partial charge >= 0.3 is 0 Å². The Kier molecular flexibility index (Phi) is 5.95. The third-order valence-electron chi connectivity index (χ3n) is 4.66. The fourth-order valence-corrected chi connectivity index (χ4v) is 3.34. The molecule has 3 heteroatoms. The van der Waals surface area contributed by atoms with Crippen LogP contribution in [0.1, 0.15) is 42.5 Å². The molecule has 0 atom stereocenters. The van der Waals surface area contributed by atoms with Crippen LogP contribution in [0.3, 0.4) is 0 Å². The van der Waals surface area contributed by atoms with Crippen LogP contribution in [0, 0.1) is 5.82 Å². The topological polar surface area (TPSA) is 40.5 Å². The van der Waals surface area contributed by atoms with Crippen LogP contribution >= 0.6 is 0 Å². The SMILES string of the molecule is C/C=C/c1cc(C(CC)=C(c2ccc(O)cc2)c2ccc(O)cc2)ccc1F. The number of aromatic hydroxyl groups is 2. The highest BCUT2D eigenvalue weighted by molar-refractivity contribution is 5.98. The number of phenolic OH excluding ortho intramolecular Hbond substituents is 2. The first-order chi connectivity index (χ1) is 13.5. The lowest BCUT2D eigenvalue weighted by Gasteiger charge is -2.17. The monoisotopic (exact) mass is 374 g/mol. The van der Waals surface area contributed by atoms with Gasteiger partial charge in [-0.1, -0.05) is 49.4 Å². The lowest BCUT2D eigenvalue weighted by Crippen LogP contribution is -1.96. The average molecular weight is 374 g/mol. The molecule has 2 nitrogen and oxygen atoms in total. The van der Waals surface area contributed by atoms with Crippen molar-refractivity contribution in [3.8, 4) is 11.5 Å². The van der Waals surface area contributed by atoms with Gasteiger partial charge < -0.3 is 10.2 Å². The lowest BCUT2D eigenvalue weighted by atomic mass is 9.87. The Labute approximate surface area is 164 Å². The Bertz CT molecular complexity index is 966. The van der Waals surface area contributed by atoms with E-state index in [-0.39, 0.29) is 17.3 Å². The lowest BCUT2D eigenvalue weighted by molar-refractivity contribution is 0.475. The molecule has 28 heavy (non-hydrogen) atoms. The minimum absolute atomic E-state index is 0.198. The van der Waals surface area contributed by atoms with Crippen LogP contribution in [0.5, 0.6) is 11.5 Å². The largest absolute Gasteiger partial charge is 0.508 e. The molecule has 0 bridgehead atoms. The van der Waals surface area contributed by atoms with Gasteiger partial charge in [0.25, 0.3) is 0 Å². The maximum atomic E-state index is 14.1. The highest BCUT2D eigenvalue weighted by Crippen LogP contribution is 2.36. The predicted molar refractivity (Wildman–Crippen MR) is 114 cm³/mol. The van der Waals surface area contributed by atoms with Crippen LogP contribution in [0.25, 0.3) is 17.2 Å². The van der Waals surface area contributed by atoms with Crippen molar-refractivity contribution in [2.75, 3.05) is 0 Å². The number of allylic oxidation sites excluding steroid dienone is 2. The molecule has 0 saturated carbocycles. The molecular weight excluding hydrogens is 351 g/mol. The zero-order valence-electron chi connectivity index (χ0n) is 16.0. The first kappa shape index (κ1) is 19.4. The molecule has 3 aromatic rings. The van der Waals surface area contributed by atoms with Crippen molar-refractivity contribution in [1.82, 2.24) is 0 Å². The Morgan fingerprint density at radius 1 is 0.821 bits per heavy atom. The highest BCUT2D eigenvalue weighted by Gasteiger charge is 2.14. The van der Waals surface area contributed by atoms with Crippen molar-refractivity contribution in [2.24, 2.45) is 0 Å². The summed E-state index contributed by atoms with van der Waals surface area (Å²) in [6.45, 7) is 3.93. The fourth-order valence-electron chi connectivity index (χ4n) is 3.34. The van der Waals surface area contributed by atoms with Crippen LogP contribution in [0.15, 0.2) is 72.8 Å². The third-order valence-corrected chi connectivity index (χ3v) is 4.66. The van der Waals surface area contributed by atoms with Gasteiger partial charge in [0.2, 0.25) is 0 Å². The molecule has 0 aliphatic heterocycles. The zero-order valence-corrected chi connectivity index (χ0v) is 16.0. The van der Waals surface area contributed by atoms with E-state index in [1.807, 2.05) is 43.3 Å². The molecule has 2 N–H and O–H groups in total. The minimum atomic E-state index is -0.256. The molecule has 0 aliphatic rings. The Balaban J connectivity index is 2.28. The number of hydrogen-bond acceptors (Lipinski definition) is 2. The van der Waals surface area contributed by atoms with Gasteiger partial charge in [-0.15, -0.1) is 0 Å². The first-order valence-corrected chi connectivity index (χ1v) is 9.28. The standard InChI is InChI=1S/C25H23FO2/c1-3-5-20-16-19(10-15-24(20)26)23(4-2)25(17-6-11-21(27)12-7-17)18-8-13-22(28)14-9-18/h3,5-16,27-28H,4H2,1-2H3/b5-3+. The van der Waals surface area contributed by atoms with Crippen molar-refractivity contribution in [3.63, 3.8) is 0 Å². The molecule has 0 unspecified atom stereocenters. The van der Waals surface area contributed by atoms with E-state index in [0.29, 0.717) is 5.56 Å². The van der Waals surface area contributed by atoms with Crippen molar-refractivity contribution >= 4 is 17.2 Å². The molecular formula is C25H23FO2. The molecule has 0 aromatic heterocycles. The van der Waals surface area contributed by atoms with Gasteiger partial charge in [-0.25, -0.2) is 4.39 Å². The number of benzene rings is 3. The average Bonchev–Trinajstić information content (AvgIpc) is 2.70. The minimum Gasteiger partial charge on any atom is -0.508 e. The van der Waals surface area contributed by atoms with Gasteiger partial charge in [-0.3, -0.25) is 0 Å². The molecule has 3 rings (SSSR count). The number of rotatable bonds is 5. The second-order valence-corrected chi connectivity index (χ2v) is 6.54. The summed E-state index contributed by atoms with van der Waals surface area (Å²) in [5, 5.41) is 19.4. The smallest absolute Gasteiger partial charge is 0.130 e. The van der Waals surface area contributed by atoms with Gasteiger partial charge in [0.1, 0.15) is 17.3 Å². The molecule has 0 radical (unpaired) electrons. The molecule has 3 aromatic carbocycles. The van der Waals surface area contributed by atoms with Crippen LogP contribution < -0.4 is 0 Å². The van der Waals surface area contributed by atoms with E-state index in [4.69, 9.17) is 0 Å². The molecule has 0 aliphatic carbocycles. The highest BCUT2D eigenvalue weighted by atomic mass is 19.1. The predicted octanol–water partition coefficient (Wildman–Crippen LogP) is 6.64. The Morgan fingerprint density at radius 3 is 1.79 bits per heavy atom. The number of phenols is 2. The Hall–Kier alpha value is -3.33. The van der Waals surface area contributed by atoms with E-state index in [1.54, 1.807) is 36.4 Å². The summed E-state index contributed by atoms with van der Waals surface area (Å²) in [5.41, 5.74) is 5.41. The van der Waals surface area contributed by atoms with Gasteiger partial charge in [-0.05, 0) is 77.6 Å². The summed E-state index contributed by atoms with van der Waals surface area (Å²) in [4.78, 5) is 0. The van der Waals surface area contributed by atoms with E-state index in [2.05, 4.69) is 6.92 Å². The second-order valence-electron chi connectivity index (χ2n) is 6.54. The van der Waals surface area contributed by atoms with Crippen molar-refractivity contribution in [1.29, 1.82) is 0 Å². The van der Waals surface area contributed by atoms with E-state index in [9.17, 15) is 14.6 Å². The van der Waals surface area contributed by atoms with Gasteiger partial charge in [-0.2, -0.15) is 0 Å². The van der Waals surface area contributed by atoms with E-state index in [0.717, 1.165) is 34.3 Å². The van der Waals surface area contributed by atoms with Crippen LogP contribution in [0.2, 0.25) is 0 Å². The van der Waals surface area contributed by atoms with Crippen molar-refractivity contribution in [2.45, 2.75) is 20.3 Å². The first-order valence-electron chi connectivity index (χ1n) is 9.28. The van der Waals surface area contributed by atoms with Crippen LogP contribution in [-0.4, -0.2) is 10.2 Å². The van der Waals surface area contributed by atoms with E-state index in [1.165, 1.54) is 6.07 Å². The van der Waals surface area contributed by atoms with Gasteiger partial charge in [0, 0.05) is 5.56 Å². The summed E-state index contributed by atoms with van der Waals surface area (Å²) in [6, 6.07) is 19.2. The van der Waals surface area contributed by atoms with Gasteiger partial charge in [0.15, 0.2) is 0 Å². The molecule has 0 heterocycles. The summed E-state index contributed by atoms with van der Waals surface area (Å²) < 4.78 is 14.1. The molecule has 0 spiro atoms. The zero-order chi connectivity index (χ0) is 20.1. The van der Waals surface area contributed by atoms with Gasteiger partial charge in [0.05, 0.1) is 0 Å². The van der Waals surface area contributed by atoms with Crippen molar-refractivity contribution < 1.29 is 14.6 Å². The summed E-state index contributed by atoms with van der Waals surface area (Å²) in [5.74, 6) is 0.140. The molecule has 0 saturated heterocycles. The quantitative estimate of drug-likeness (QED) is 0.492. The van der Waals surface area contributed by atoms with E-state index < -0.39 is 0 Å². The molecule has 142 valence electrons. The molecule has 0 amide bonds. The summed E-state index contributed by atoms with van der Waals surface area (Å²) in [6.07, 6.45) is 4.31. The second kappa shape index (κ2) is 8.57. The van der Waals surface area contributed by atoms with Crippen LogP contribution in [0.4, 0.5) is 4.39 Å².